The van der Waals surface area contributed by atoms with Gasteiger partial charge in [0.25, 0.3) is 0 Å². The smallest absolute Gasteiger partial charge is 0.361 e. The lowest BCUT2D eigenvalue weighted by molar-refractivity contribution is 0.0578. The summed E-state index contributed by atoms with van der Waals surface area (Å²) < 4.78 is 22.6. The minimum atomic E-state index is -3.42. The molecule has 0 bridgehead atoms. The van der Waals surface area contributed by atoms with Gasteiger partial charge in [-0.2, -0.15) is 0 Å². The summed E-state index contributed by atoms with van der Waals surface area (Å²) >= 11 is 0. The van der Waals surface area contributed by atoms with E-state index in [9.17, 15) is 9.67 Å². The maximum atomic E-state index is 12.6. The molecular formula is C14H29O4P. The highest BCUT2D eigenvalue weighted by Gasteiger charge is 2.47. The number of hydrogen-bond donors (Lipinski definition) is 1. The van der Waals surface area contributed by atoms with Crippen LogP contribution in [0.25, 0.3) is 0 Å². The summed E-state index contributed by atoms with van der Waals surface area (Å²) in [6.07, 6.45) is 11.2. The van der Waals surface area contributed by atoms with E-state index in [0.29, 0.717) is 12.8 Å². The molecule has 0 aromatic heterocycles. The van der Waals surface area contributed by atoms with Crippen molar-refractivity contribution < 1.29 is 18.7 Å². The molecule has 1 saturated carbocycles. The number of hydrogen-bond acceptors (Lipinski definition) is 4. The van der Waals surface area contributed by atoms with E-state index in [4.69, 9.17) is 9.05 Å². The van der Waals surface area contributed by atoms with Crippen LogP contribution in [0.15, 0.2) is 0 Å². The zero-order valence-electron chi connectivity index (χ0n) is 12.4. The normalized spacial score (nSPS) is 23.3. The van der Waals surface area contributed by atoms with E-state index >= 15 is 0 Å². The Morgan fingerprint density at radius 3 is 1.42 bits per heavy atom. The van der Waals surface area contributed by atoms with Gasteiger partial charge in [0, 0.05) is 14.2 Å². The first-order chi connectivity index (χ1) is 9.08. The Bertz CT molecular complexity index is 273. The van der Waals surface area contributed by atoms with Gasteiger partial charge in [-0.1, -0.05) is 44.9 Å². The van der Waals surface area contributed by atoms with Crippen molar-refractivity contribution in [3.05, 3.63) is 0 Å². The van der Waals surface area contributed by atoms with Crippen molar-refractivity contribution in [3.63, 3.8) is 0 Å². The third kappa shape index (κ3) is 4.86. The first kappa shape index (κ1) is 17.2. The van der Waals surface area contributed by atoms with E-state index in [2.05, 4.69) is 0 Å². The van der Waals surface area contributed by atoms with Crippen LogP contribution in [0.5, 0.6) is 0 Å². The summed E-state index contributed by atoms with van der Waals surface area (Å²) in [5.41, 5.74) is 0. The quantitative estimate of drug-likeness (QED) is 0.780. The van der Waals surface area contributed by atoms with Crippen LogP contribution in [0.3, 0.4) is 0 Å². The standard InChI is InChI=1S/C14H29O4P/c1-17-19(16,18-2)14(15)12-10-8-6-4-3-5-7-9-11-13-14/h15H,3-13H2,1-2H3. The molecule has 1 N–H and O–H groups in total. The third-order valence-electron chi connectivity index (χ3n) is 4.14. The molecule has 4 nitrogen and oxygen atoms in total. The maximum Gasteiger partial charge on any atom is 0.361 e. The fraction of sp³-hybridized carbons (Fsp3) is 1.00. The Morgan fingerprint density at radius 1 is 0.789 bits per heavy atom. The molecule has 0 radical (unpaired) electrons. The Morgan fingerprint density at radius 2 is 1.11 bits per heavy atom. The lowest BCUT2D eigenvalue weighted by Crippen LogP contribution is -2.30. The van der Waals surface area contributed by atoms with Gasteiger partial charge in [-0.15, -0.1) is 0 Å². The number of rotatable bonds is 3. The van der Waals surface area contributed by atoms with Gasteiger partial charge in [0.1, 0.15) is 0 Å². The Balaban J connectivity index is 2.71. The Hall–Kier alpha value is 0.110. The first-order valence-corrected chi connectivity index (χ1v) is 9.06. The van der Waals surface area contributed by atoms with Crippen molar-refractivity contribution in [2.75, 3.05) is 14.2 Å². The molecule has 1 fully saturated rings. The summed E-state index contributed by atoms with van der Waals surface area (Å²) in [5.74, 6) is 0. The summed E-state index contributed by atoms with van der Waals surface area (Å²) in [5, 5.41) is 9.45. The zero-order valence-corrected chi connectivity index (χ0v) is 13.3. The summed E-state index contributed by atoms with van der Waals surface area (Å²) in [6.45, 7) is 0. The lowest BCUT2D eigenvalue weighted by atomic mass is 9.99. The van der Waals surface area contributed by atoms with Crippen molar-refractivity contribution in [1.29, 1.82) is 0 Å². The maximum absolute atomic E-state index is 12.6. The zero-order chi connectivity index (χ0) is 14.2. The molecule has 0 amide bonds. The van der Waals surface area contributed by atoms with Gasteiger partial charge in [0.15, 0.2) is 5.34 Å². The minimum absolute atomic E-state index is 0.506. The topological polar surface area (TPSA) is 55.8 Å². The van der Waals surface area contributed by atoms with Gasteiger partial charge in [-0.05, 0) is 25.7 Å². The van der Waals surface area contributed by atoms with Gasteiger partial charge < -0.3 is 14.2 Å². The second-order valence-electron chi connectivity index (χ2n) is 5.53. The highest BCUT2D eigenvalue weighted by molar-refractivity contribution is 7.55. The Kier molecular flexibility index (Phi) is 7.60. The van der Waals surface area contributed by atoms with Crippen LogP contribution in [0.1, 0.15) is 70.6 Å². The molecule has 1 rings (SSSR count). The van der Waals surface area contributed by atoms with Crippen molar-refractivity contribution in [3.8, 4) is 0 Å². The predicted octanol–water partition coefficient (Wildman–Crippen LogP) is 4.47. The molecule has 19 heavy (non-hydrogen) atoms. The highest BCUT2D eigenvalue weighted by Crippen LogP contribution is 2.61. The van der Waals surface area contributed by atoms with Crippen LogP contribution < -0.4 is 0 Å². The molecule has 114 valence electrons. The molecule has 0 heterocycles. The second-order valence-corrected chi connectivity index (χ2v) is 8.08. The molecule has 0 saturated heterocycles. The minimum Gasteiger partial charge on any atom is -0.377 e. The average molecular weight is 292 g/mol. The predicted molar refractivity (Wildman–Crippen MR) is 77.4 cm³/mol. The third-order valence-corrected chi connectivity index (χ3v) is 6.57. The largest absolute Gasteiger partial charge is 0.377 e. The summed E-state index contributed by atoms with van der Waals surface area (Å²) in [7, 11) is -0.699. The van der Waals surface area contributed by atoms with Gasteiger partial charge in [-0.25, -0.2) is 0 Å². The van der Waals surface area contributed by atoms with E-state index in [-0.39, 0.29) is 0 Å². The SMILES string of the molecule is COP(=O)(OC)C1(O)CCCCCCCCCCC1. The van der Waals surface area contributed by atoms with Gasteiger partial charge in [0.05, 0.1) is 0 Å². The van der Waals surface area contributed by atoms with Crippen molar-refractivity contribution in [1.82, 2.24) is 0 Å². The van der Waals surface area contributed by atoms with Crippen LogP contribution in [-0.2, 0) is 13.6 Å². The molecule has 0 aliphatic heterocycles. The Labute approximate surface area is 117 Å². The lowest BCUT2D eigenvalue weighted by Gasteiger charge is -2.33. The molecule has 0 aromatic rings. The molecule has 5 heteroatoms. The van der Waals surface area contributed by atoms with Crippen LogP contribution in [-0.4, -0.2) is 24.7 Å². The van der Waals surface area contributed by atoms with E-state index in [1.807, 2.05) is 0 Å². The van der Waals surface area contributed by atoms with Gasteiger partial charge in [-0.3, -0.25) is 4.57 Å². The molecular weight excluding hydrogens is 263 g/mol. The average Bonchev–Trinajstić information content (AvgIpc) is 2.41. The summed E-state index contributed by atoms with van der Waals surface area (Å²) in [6, 6.07) is 0. The van der Waals surface area contributed by atoms with Crippen molar-refractivity contribution >= 4 is 7.60 Å². The second kappa shape index (κ2) is 8.41. The molecule has 0 atom stereocenters. The van der Waals surface area contributed by atoms with Crippen LogP contribution in [0.2, 0.25) is 0 Å². The molecule has 0 spiro atoms. The van der Waals surface area contributed by atoms with Crippen LogP contribution in [0, 0.1) is 0 Å². The monoisotopic (exact) mass is 292 g/mol. The number of aliphatic hydroxyl groups is 1. The molecule has 0 aromatic carbocycles. The molecule has 0 unspecified atom stereocenters. The highest BCUT2D eigenvalue weighted by atomic mass is 31.2. The van der Waals surface area contributed by atoms with Crippen LogP contribution >= 0.6 is 7.60 Å². The van der Waals surface area contributed by atoms with E-state index in [1.54, 1.807) is 0 Å². The molecule has 1 aliphatic carbocycles. The fourth-order valence-electron chi connectivity index (χ4n) is 2.87. The van der Waals surface area contributed by atoms with Crippen LogP contribution in [0.4, 0.5) is 0 Å². The fourth-order valence-corrected chi connectivity index (χ4v) is 4.56. The van der Waals surface area contributed by atoms with Gasteiger partial charge in [0.2, 0.25) is 0 Å². The summed E-state index contributed by atoms with van der Waals surface area (Å²) in [4.78, 5) is 0. The van der Waals surface area contributed by atoms with E-state index in [0.717, 1.165) is 25.7 Å². The van der Waals surface area contributed by atoms with Gasteiger partial charge >= 0.3 is 7.60 Å². The van der Waals surface area contributed by atoms with Crippen molar-refractivity contribution in [2.45, 2.75) is 76.0 Å². The first-order valence-electron chi connectivity index (χ1n) is 7.52. The van der Waals surface area contributed by atoms with E-state index in [1.165, 1.54) is 46.3 Å². The molecule has 1 aliphatic rings. The van der Waals surface area contributed by atoms with E-state index < -0.39 is 12.9 Å². The van der Waals surface area contributed by atoms with Crippen molar-refractivity contribution in [2.24, 2.45) is 0 Å².